The lowest BCUT2D eigenvalue weighted by atomic mass is 10.1. The fourth-order valence-electron chi connectivity index (χ4n) is 2.45. The number of aliphatic hydroxyl groups excluding tert-OH is 2. The number of nitrogens with zero attached hydrogens (tertiary/aromatic N) is 3. The van der Waals surface area contributed by atoms with E-state index in [4.69, 9.17) is 20.3 Å². The van der Waals surface area contributed by atoms with Crippen LogP contribution in [-0.2, 0) is 13.8 Å². The van der Waals surface area contributed by atoms with Gasteiger partial charge in [-0.05, 0) is 6.07 Å². The molecule has 0 bridgehead atoms. The maximum atomic E-state index is 10.7. The van der Waals surface area contributed by atoms with Crippen molar-refractivity contribution < 1.29 is 33.8 Å². The Morgan fingerprint density at radius 3 is 2.78 bits per heavy atom. The summed E-state index contributed by atoms with van der Waals surface area (Å²) < 4.78 is 22.0. The number of nitrogens with two attached hydrogens (primary N) is 1. The van der Waals surface area contributed by atoms with Crippen LogP contribution in [0.15, 0.2) is 18.6 Å². The number of aliphatic hydroxyl groups is 2. The SMILES string of the molecule is Nc1nccc2c1ncn2[C@@H]1O[C@H](COP(=O)(O)O)[C@@H](O)[C@H]1O. The lowest BCUT2D eigenvalue weighted by molar-refractivity contribution is -0.0501. The van der Waals surface area contributed by atoms with Crippen molar-refractivity contribution in [3.05, 3.63) is 18.6 Å². The lowest BCUT2D eigenvalue weighted by Gasteiger charge is -2.17. The van der Waals surface area contributed by atoms with Crippen molar-refractivity contribution in [1.82, 2.24) is 14.5 Å². The Balaban J connectivity index is 1.85. The Hall–Kier alpha value is -1.59. The number of aromatic nitrogens is 3. The van der Waals surface area contributed by atoms with Gasteiger partial charge in [0.2, 0.25) is 0 Å². The summed E-state index contributed by atoms with van der Waals surface area (Å²) in [5.74, 6) is 0.204. The monoisotopic (exact) mass is 346 g/mol. The second-order valence-electron chi connectivity index (χ2n) is 5.05. The van der Waals surface area contributed by atoms with Crippen molar-refractivity contribution in [2.45, 2.75) is 24.5 Å². The highest BCUT2D eigenvalue weighted by Crippen LogP contribution is 2.38. The van der Waals surface area contributed by atoms with Crippen LogP contribution in [-0.4, -0.2) is 59.5 Å². The first-order valence-corrected chi connectivity index (χ1v) is 8.09. The van der Waals surface area contributed by atoms with Crippen LogP contribution in [0.3, 0.4) is 0 Å². The molecule has 11 nitrogen and oxygen atoms in total. The minimum absolute atomic E-state index is 0.204. The van der Waals surface area contributed by atoms with Crippen molar-refractivity contribution in [2.24, 2.45) is 0 Å². The van der Waals surface area contributed by atoms with Gasteiger partial charge in [0.15, 0.2) is 12.0 Å². The third kappa shape index (κ3) is 3.08. The van der Waals surface area contributed by atoms with Gasteiger partial charge in [0.05, 0.1) is 18.5 Å². The van der Waals surface area contributed by atoms with Crippen molar-refractivity contribution in [2.75, 3.05) is 12.3 Å². The van der Waals surface area contributed by atoms with E-state index >= 15 is 0 Å². The molecule has 4 atom stereocenters. The zero-order valence-corrected chi connectivity index (χ0v) is 12.5. The van der Waals surface area contributed by atoms with E-state index in [1.807, 2.05) is 0 Å². The fraction of sp³-hybridized carbons (Fsp3) is 0.455. The number of phosphoric ester groups is 1. The molecule has 0 aromatic carbocycles. The fourth-order valence-corrected chi connectivity index (χ4v) is 2.79. The summed E-state index contributed by atoms with van der Waals surface area (Å²) in [5.41, 5.74) is 6.65. The molecule has 1 aliphatic heterocycles. The molecule has 3 heterocycles. The Morgan fingerprint density at radius 1 is 1.35 bits per heavy atom. The van der Waals surface area contributed by atoms with Crippen LogP contribution < -0.4 is 5.73 Å². The molecule has 0 unspecified atom stereocenters. The van der Waals surface area contributed by atoms with Crippen molar-refractivity contribution >= 4 is 24.7 Å². The van der Waals surface area contributed by atoms with Crippen LogP contribution >= 0.6 is 7.82 Å². The van der Waals surface area contributed by atoms with Crippen molar-refractivity contribution in [3.8, 4) is 0 Å². The van der Waals surface area contributed by atoms with Crippen LogP contribution in [0.1, 0.15) is 6.23 Å². The Labute approximate surface area is 129 Å². The maximum Gasteiger partial charge on any atom is 0.469 e. The molecule has 1 aliphatic rings. The highest BCUT2D eigenvalue weighted by atomic mass is 31.2. The van der Waals surface area contributed by atoms with E-state index in [0.717, 1.165) is 0 Å². The molecule has 23 heavy (non-hydrogen) atoms. The molecule has 0 amide bonds. The Morgan fingerprint density at radius 2 is 2.09 bits per heavy atom. The first-order chi connectivity index (χ1) is 10.8. The summed E-state index contributed by atoms with van der Waals surface area (Å²) in [7, 11) is -4.71. The topological polar surface area (TPSA) is 173 Å². The third-order valence-electron chi connectivity index (χ3n) is 3.54. The largest absolute Gasteiger partial charge is 0.469 e. The minimum atomic E-state index is -4.71. The van der Waals surface area contributed by atoms with E-state index in [1.54, 1.807) is 6.07 Å². The first-order valence-electron chi connectivity index (χ1n) is 6.56. The Kier molecular flexibility index (Phi) is 4.10. The number of hydrogen-bond donors (Lipinski definition) is 5. The molecular weight excluding hydrogens is 331 g/mol. The normalized spacial score (nSPS) is 28.5. The van der Waals surface area contributed by atoms with Gasteiger partial charge in [-0.2, -0.15) is 0 Å². The van der Waals surface area contributed by atoms with E-state index in [-0.39, 0.29) is 5.82 Å². The number of rotatable bonds is 4. The lowest BCUT2D eigenvalue weighted by Crippen LogP contribution is -2.33. The molecule has 3 rings (SSSR count). The molecule has 0 radical (unpaired) electrons. The molecule has 12 heteroatoms. The van der Waals surface area contributed by atoms with E-state index in [2.05, 4.69) is 14.5 Å². The molecule has 2 aromatic rings. The molecule has 6 N–H and O–H groups in total. The molecule has 1 fully saturated rings. The van der Waals surface area contributed by atoms with Crippen LogP contribution in [0.25, 0.3) is 11.0 Å². The van der Waals surface area contributed by atoms with Gasteiger partial charge in [-0.15, -0.1) is 0 Å². The number of pyridine rings is 1. The molecule has 1 saturated heterocycles. The minimum Gasteiger partial charge on any atom is -0.387 e. The number of hydrogen-bond acceptors (Lipinski definition) is 8. The van der Waals surface area contributed by atoms with Gasteiger partial charge < -0.3 is 35.0 Å². The quantitative estimate of drug-likeness (QED) is 0.420. The molecular formula is C11H15N4O7P. The van der Waals surface area contributed by atoms with Crippen LogP contribution in [0.2, 0.25) is 0 Å². The van der Waals surface area contributed by atoms with Gasteiger partial charge in [0, 0.05) is 6.20 Å². The highest BCUT2D eigenvalue weighted by molar-refractivity contribution is 7.46. The number of ether oxygens (including phenoxy) is 1. The zero-order chi connectivity index (χ0) is 16.8. The number of anilines is 1. The second kappa shape index (κ2) is 5.80. The molecule has 0 aliphatic carbocycles. The number of nitrogen functional groups attached to an aromatic ring is 1. The molecule has 126 valence electrons. The first kappa shape index (κ1) is 16.3. The van der Waals surface area contributed by atoms with Crippen LogP contribution in [0.4, 0.5) is 5.82 Å². The smallest absolute Gasteiger partial charge is 0.387 e. The van der Waals surface area contributed by atoms with E-state index in [0.29, 0.717) is 11.0 Å². The summed E-state index contributed by atoms with van der Waals surface area (Å²) in [6.45, 7) is -0.574. The summed E-state index contributed by atoms with van der Waals surface area (Å²) >= 11 is 0. The van der Waals surface area contributed by atoms with Gasteiger partial charge >= 0.3 is 7.82 Å². The average molecular weight is 346 g/mol. The van der Waals surface area contributed by atoms with Gasteiger partial charge in [0.25, 0.3) is 0 Å². The summed E-state index contributed by atoms with van der Waals surface area (Å²) in [6, 6.07) is 1.61. The number of fused-ring (bicyclic) bond motifs is 1. The van der Waals surface area contributed by atoms with Gasteiger partial charge in [-0.25, -0.2) is 14.5 Å². The number of imidazole rings is 1. The van der Waals surface area contributed by atoms with Gasteiger partial charge in [-0.3, -0.25) is 4.52 Å². The second-order valence-corrected chi connectivity index (χ2v) is 6.29. The Bertz CT molecular complexity index is 762. The predicted molar refractivity (Wildman–Crippen MR) is 75.9 cm³/mol. The van der Waals surface area contributed by atoms with E-state index < -0.39 is 39.0 Å². The van der Waals surface area contributed by atoms with Crippen LogP contribution in [0.5, 0.6) is 0 Å². The van der Waals surface area contributed by atoms with Crippen molar-refractivity contribution in [1.29, 1.82) is 0 Å². The van der Waals surface area contributed by atoms with E-state index in [1.165, 1.54) is 17.1 Å². The summed E-state index contributed by atoms with van der Waals surface area (Å²) in [6.07, 6.45) is -2.02. The molecule has 0 spiro atoms. The average Bonchev–Trinajstić information content (AvgIpc) is 3.01. The number of phosphoric acid groups is 1. The summed E-state index contributed by atoms with van der Waals surface area (Å²) in [4.78, 5) is 25.4. The predicted octanol–water partition coefficient (Wildman–Crippen LogP) is -1.26. The van der Waals surface area contributed by atoms with E-state index in [9.17, 15) is 14.8 Å². The maximum absolute atomic E-state index is 10.7. The highest BCUT2D eigenvalue weighted by Gasteiger charge is 2.44. The standard InChI is InChI=1S/C11H15N4O7P/c12-10-7-5(1-2-13-10)15(4-14-7)11-9(17)8(16)6(22-11)3-21-23(18,19)20/h1-2,4,6,8-9,11,16-17H,3H2,(H2,12,13)(H2,18,19,20)/t6-,8-,9-,11-/m1/s1. The summed E-state index contributed by atoms with van der Waals surface area (Å²) in [5, 5.41) is 20.1. The van der Waals surface area contributed by atoms with Crippen molar-refractivity contribution in [3.63, 3.8) is 0 Å². The molecule has 2 aromatic heterocycles. The van der Waals surface area contributed by atoms with Gasteiger partial charge in [0.1, 0.15) is 23.8 Å². The zero-order valence-electron chi connectivity index (χ0n) is 11.6. The molecule has 0 saturated carbocycles. The third-order valence-corrected chi connectivity index (χ3v) is 4.02. The van der Waals surface area contributed by atoms with Crippen LogP contribution in [0, 0.1) is 0 Å². The van der Waals surface area contributed by atoms with Gasteiger partial charge in [-0.1, -0.05) is 0 Å².